The zero-order valence-electron chi connectivity index (χ0n) is 17.5. The van der Waals surface area contributed by atoms with Crippen LogP contribution in [0.15, 0.2) is 23.1 Å². The van der Waals surface area contributed by atoms with E-state index in [1.807, 2.05) is 17.0 Å². The van der Waals surface area contributed by atoms with Crippen molar-refractivity contribution < 1.29 is 13.2 Å². The second-order valence-corrected chi connectivity index (χ2v) is 10.7. The quantitative estimate of drug-likeness (QED) is 0.751. The molecule has 0 aromatic heterocycles. The molecule has 2 fully saturated rings. The molecular formula is C22H33N3O3S. The van der Waals surface area contributed by atoms with Crippen LogP contribution in [-0.4, -0.2) is 73.7 Å². The standard InChI is InChI=1S/C22H33N3O3S/c1-18-6-4-5-11-24(18)17-22(26)23-12-14-25(15-13-23)29(27,28)21-10-9-19-7-2-3-8-20(19)16-21/h9-10,16,18H,2-8,11-15,17H2,1H3/t18-/m0/s1. The molecule has 0 spiro atoms. The molecule has 0 unspecified atom stereocenters. The van der Waals surface area contributed by atoms with E-state index in [2.05, 4.69) is 11.8 Å². The van der Waals surface area contributed by atoms with E-state index in [4.69, 9.17) is 0 Å². The van der Waals surface area contributed by atoms with Gasteiger partial charge in [-0.3, -0.25) is 9.69 Å². The minimum atomic E-state index is -3.50. The molecule has 0 saturated carbocycles. The van der Waals surface area contributed by atoms with Crippen molar-refractivity contribution >= 4 is 15.9 Å². The smallest absolute Gasteiger partial charge is 0.243 e. The van der Waals surface area contributed by atoms with Crippen LogP contribution < -0.4 is 0 Å². The number of rotatable bonds is 4. The first-order chi connectivity index (χ1) is 13.9. The molecule has 0 bridgehead atoms. The van der Waals surface area contributed by atoms with Gasteiger partial charge in [0.1, 0.15) is 0 Å². The summed E-state index contributed by atoms with van der Waals surface area (Å²) in [4.78, 5) is 17.2. The van der Waals surface area contributed by atoms with Gasteiger partial charge in [0, 0.05) is 32.2 Å². The van der Waals surface area contributed by atoms with E-state index < -0.39 is 10.0 Å². The van der Waals surface area contributed by atoms with Crippen LogP contribution in [0, 0.1) is 0 Å². The number of carbonyl (C=O) groups is 1. The Morgan fingerprint density at radius 1 is 0.966 bits per heavy atom. The third kappa shape index (κ3) is 4.52. The molecule has 160 valence electrons. The molecule has 3 aliphatic rings. The third-order valence-corrected chi connectivity index (χ3v) is 8.72. The minimum Gasteiger partial charge on any atom is -0.339 e. The highest BCUT2D eigenvalue weighted by molar-refractivity contribution is 7.89. The highest BCUT2D eigenvalue weighted by Crippen LogP contribution is 2.26. The van der Waals surface area contributed by atoms with Crippen molar-refractivity contribution in [2.24, 2.45) is 0 Å². The van der Waals surface area contributed by atoms with Gasteiger partial charge in [0.25, 0.3) is 0 Å². The summed E-state index contributed by atoms with van der Waals surface area (Å²) >= 11 is 0. The molecule has 2 aliphatic heterocycles. The SMILES string of the molecule is C[C@H]1CCCCN1CC(=O)N1CCN(S(=O)(=O)c2ccc3c(c2)CCCC3)CC1. The van der Waals surface area contributed by atoms with Gasteiger partial charge >= 0.3 is 0 Å². The Hall–Kier alpha value is -1.44. The van der Waals surface area contributed by atoms with Crippen LogP contribution in [0.4, 0.5) is 0 Å². The first kappa shape index (κ1) is 20.8. The summed E-state index contributed by atoms with van der Waals surface area (Å²) < 4.78 is 27.8. The Labute approximate surface area is 174 Å². The maximum atomic E-state index is 13.1. The fraction of sp³-hybridized carbons (Fsp3) is 0.682. The lowest BCUT2D eigenvalue weighted by atomic mass is 9.92. The predicted molar refractivity (Wildman–Crippen MR) is 113 cm³/mol. The number of aryl methyl sites for hydroxylation is 2. The molecule has 0 N–H and O–H groups in total. The van der Waals surface area contributed by atoms with Crippen LogP contribution in [0.2, 0.25) is 0 Å². The number of amides is 1. The van der Waals surface area contributed by atoms with Gasteiger partial charge in [0.2, 0.25) is 15.9 Å². The molecule has 1 aromatic carbocycles. The molecule has 4 rings (SSSR count). The van der Waals surface area contributed by atoms with Gasteiger partial charge in [-0.15, -0.1) is 0 Å². The lowest BCUT2D eigenvalue weighted by Crippen LogP contribution is -2.53. The van der Waals surface area contributed by atoms with Crippen LogP contribution >= 0.6 is 0 Å². The van der Waals surface area contributed by atoms with Crippen molar-refractivity contribution in [3.63, 3.8) is 0 Å². The van der Waals surface area contributed by atoms with E-state index in [1.54, 1.807) is 10.4 Å². The molecule has 6 nitrogen and oxygen atoms in total. The van der Waals surface area contributed by atoms with E-state index in [9.17, 15) is 13.2 Å². The number of hydrogen-bond acceptors (Lipinski definition) is 4. The second-order valence-electron chi connectivity index (χ2n) is 8.74. The van der Waals surface area contributed by atoms with Crippen LogP contribution in [0.25, 0.3) is 0 Å². The third-order valence-electron chi connectivity index (χ3n) is 6.83. The largest absolute Gasteiger partial charge is 0.339 e. The first-order valence-corrected chi connectivity index (χ1v) is 12.5. The van der Waals surface area contributed by atoms with Gasteiger partial charge < -0.3 is 4.90 Å². The van der Waals surface area contributed by atoms with E-state index >= 15 is 0 Å². The second kappa shape index (κ2) is 8.74. The molecule has 2 saturated heterocycles. The summed E-state index contributed by atoms with van der Waals surface area (Å²) in [6.07, 6.45) is 7.88. The van der Waals surface area contributed by atoms with Crippen molar-refractivity contribution in [2.45, 2.75) is 62.8 Å². The van der Waals surface area contributed by atoms with E-state index in [0.29, 0.717) is 43.7 Å². The number of benzene rings is 1. The lowest BCUT2D eigenvalue weighted by molar-refractivity contribution is -0.134. The molecule has 1 atom stereocenters. The molecular weight excluding hydrogens is 386 g/mol. The number of piperazine rings is 1. The molecule has 1 amide bonds. The fourth-order valence-corrected chi connectivity index (χ4v) is 6.34. The number of likely N-dealkylation sites (tertiary alicyclic amines) is 1. The van der Waals surface area contributed by atoms with Crippen molar-refractivity contribution in [2.75, 3.05) is 39.3 Å². The summed E-state index contributed by atoms with van der Waals surface area (Å²) in [5.74, 6) is 0.129. The monoisotopic (exact) mass is 419 g/mol. The van der Waals surface area contributed by atoms with Gasteiger partial charge in [0.15, 0.2) is 0 Å². The maximum absolute atomic E-state index is 13.1. The van der Waals surface area contributed by atoms with Crippen LogP contribution in [0.5, 0.6) is 0 Å². The number of sulfonamides is 1. The number of nitrogens with zero attached hydrogens (tertiary/aromatic N) is 3. The molecule has 1 aromatic rings. The van der Waals surface area contributed by atoms with Crippen LogP contribution in [0.1, 0.15) is 50.2 Å². The summed E-state index contributed by atoms with van der Waals surface area (Å²) in [5, 5.41) is 0. The average molecular weight is 420 g/mol. The summed E-state index contributed by atoms with van der Waals surface area (Å²) in [6.45, 7) is 5.34. The van der Waals surface area contributed by atoms with Gasteiger partial charge in [-0.2, -0.15) is 4.31 Å². The predicted octanol–water partition coefficient (Wildman–Crippen LogP) is 2.27. The Morgan fingerprint density at radius 3 is 2.41 bits per heavy atom. The highest BCUT2D eigenvalue weighted by atomic mass is 32.2. The van der Waals surface area contributed by atoms with Gasteiger partial charge in [-0.1, -0.05) is 12.5 Å². The average Bonchev–Trinajstić information content (AvgIpc) is 2.75. The van der Waals surface area contributed by atoms with Gasteiger partial charge in [0.05, 0.1) is 11.4 Å². The number of hydrogen-bond donors (Lipinski definition) is 0. The van der Waals surface area contributed by atoms with Crippen LogP contribution in [0.3, 0.4) is 0 Å². The normalized spacial score (nSPS) is 24.3. The Balaban J connectivity index is 1.36. The number of fused-ring (bicyclic) bond motifs is 1. The van der Waals surface area contributed by atoms with Crippen molar-refractivity contribution in [3.8, 4) is 0 Å². The fourth-order valence-electron chi connectivity index (χ4n) is 4.86. The van der Waals surface area contributed by atoms with E-state index in [-0.39, 0.29) is 5.91 Å². The van der Waals surface area contributed by atoms with Gasteiger partial charge in [-0.25, -0.2) is 8.42 Å². The van der Waals surface area contributed by atoms with Crippen molar-refractivity contribution in [3.05, 3.63) is 29.3 Å². The molecule has 2 heterocycles. The number of carbonyl (C=O) groups excluding carboxylic acids is 1. The van der Waals surface area contributed by atoms with E-state index in [1.165, 1.54) is 24.0 Å². The summed E-state index contributed by atoms with van der Waals surface area (Å²) in [6, 6.07) is 6.08. The van der Waals surface area contributed by atoms with Crippen molar-refractivity contribution in [1.29, 1.82) is 0 Å². The Bertz CT molecular complexity index is 847. The van der Waals surface area contributed by atoms with Gasteiger partial charge in [-0.05, 0) is 75.3 Å². The Morgan fingerprint density at radius 2 is 1.69 bits per heavy atom. The summed E-state index contributed by atoms with van der Waals surface area (Å²) in [7, 11) is -3.50. The highest BCUT2D eigenvalue weighted by Gasteiger charge is 2.31. The topological polar surface area (TPSA) is 60.9 Å². The van der Waals surface area contributed by atoms with Crippen molar-refractivity contribution in [1.82, 2.24) is 14.1 Å². The molecule has 0 radical (unpaired) electrons. The Kier molecular flexibility index (Phi) is 6.27. The zero-order valence-corrected chi connectivity index (χ0v) is 18.3. The summed E-state index contributed by atoms with van der Waals surface area (Å²) in [5.41, 5.74) is 2.47. The molecule has 1 aliphatic carbocycles. The lowest BCUT2D eigenvalue weighted by Gasteiger charge is -2.37. The maximum Gasteiger partial charge on any atom is 0.243 e. The molecule has 7 heteroatoms. The first-order valence-electron chi connectivity index (χ1n) is 11.1. The zero-order chi connectivity index (χ0) is 20.4. The minimum absolute atomic E-state index is 0.129. The molecule has 29 heavy (non-hydrogen) atoms. The van der Waals surface area contributed by atoms with Crippen LogP contribution in [-0.2, 0) is 27.7 Å². The number of piperidine rings is 1. The van der Waals surface area contributed by atoms with E-state index in [0.717, 1.165) is 38.6 Å².